The molecule has 0 saturated carbocycles. The first-order valence-corrected chi connectivity index (χ1v) is 15.2. The van der Waals surface area contributed by atoms with Gasteiger partial charge < -0.3 is 5.32 Å². The number of benzene rings is 2. The molecule has 2 N–H and O–H groups in total. The Morgan fingerprint density at radius 2 is 1.48 bits per heavy atom. The molecule has 1 aliphatic heterocycles. The number of fused-ring (bicyclic) bond motifs is 2. The number of dihydropyridines is 1. The van der Waals surface area contributed by atoms with Crippen LogP contribution in [0.1, 0.15) is 25.2 Å². The molecule has 0 amide bonds. The van der Waals surface area contributed by atoms with E-state index in [1.807, 2.05) is 56.4 Å². The van der Waals surface area contributed by atoms with Crippen LogP contribution in [0.25, 0.3) is 44.1 Å². The van der Waals surface area contributed by atoms with E-state index in [1.165, 1.54) is 0 Å². The number of hydrogen-bond acceptors (Lipinski definition) is 4. The lowest BCUT2D eigenvalue weighted by atomic mass is 9.90. The smallest absolute Gasteiger partial charge is 0.0947 e. The van der Waals surface area contributed by atoms with E-state index in [1.54, 1.807) is 12.2 Å². The third-order valence-electron chi connectivity index (χ3n) is 8.18. The lowest BCUT2D eigenvalue weighted by molar-refractivity contribution is 0.922. The lowest BCUT2D eigenvalue weighted by Gasteiger charge is -2.20. The molecule has 0 atom stereocenters. The molecule has 222 valence electrons. The van der Waals surface area contributed by atoms with Crippen molar-refractivity contribution < 1.29 is 0 Å². The van der Waals surface area contributed by atoms with Crippen LogP contribution in [0.15, 0.2) is 157 Å². The van der Waals surface area contributed by atoms with Crippen molar-refractivity contribution in [1.82, 2.24) is 15.3 Å². The molecule has 0 bridgehead atoms. The van der Waals surface area contributed by atoms with Gasteiger partial charge in [-0.3, -0.25) is 5.41 Å². The highest BCUT2D eigenvalue weighted by molar-refractivity contribution is 6.16. The van der Waals surface area contributed by atoms with Crippen molar-refractivity contribution >= 4 is 38.7 Å². The number of pyridine rings is 2. The highest BCUT2D eigenvalue weighted by Crippen LogP contribution is 2.29. The van der Waals surface area contributed by atoms with Crippen LogP contribution in [-0.2, 0) is 0 Å². The van der Waals surface area contributed by atoms with Crippen molar-refractivity contribution in [3.63, 3.8) is 0 Å². The number of allylic oxidation sites excluding steroid dienone is 13. The fourth-order valence-corrected chi connectivity index (χ4v) is 5.64. The summed E-state index contributed by atoms with van der Waals surface area (Å²) in [5.41, 5.74) is 12.4. The zero-order valence-corrected chi connectivity index (χ0v) is 26.1. The summed E-state index contributed by atoms with van der Waals surface area (Å²) < 4.78 is 0. The van der Waals surface area contributed by atoms with Gasteiger partial charge in [-0.15, -0.1) is 0 Å². The Morgan fingerprint density at radius 3 is 2.13 bits per heavy atom. The summed E-state index contributed by atoms with van der Waals surface area (Å²) in [6, 6.07) is 21.0. The quantitative estimate of drug-likeness (QED) is 0.158. The molecular formula is C42H34N4. The normalized spacial score (nSPS) is 16.0. The van der Waals surface area contributed by atoms with Gasteiger partial charge in [-0.1, -0.05) is 98.4 Å². The Bertz CT molecular complexity index is 2240. The van der Waals surface area contributed by atoms with Crippen LogP contribution < -0.4 is 5.32 Å². The molecule has 0 fully saturated rings. The molecule has 2 aromatic carbocycles. The maximum atomic E-state index is 8.76. The monoisotopic (exact) mass is 594 g/mol. The van der Waals surface area contributed by atoms with Crippen LogP contribution in [0.5, 0.6) is 0 Å². The zero-order chi connectivity index (χ0) is 32.2. The first-order valence-electron chi connectivity index (χ1n) is 15.2. The number of nitrogens with zero attached hydrogens (tertiary/aromatic N) is 2. The second-order valence-corrected chi connectivity index (χ2v) is 11.2. The molecule has 0 saturated heterocycles. The Balaban J connectivity index is 1.27. The second kappa shape index (κ2) is 12.9. The first kappa shape index (κ1) is 30.0. The third-order valence-corrected chi connectivity index (χ3v) is 8.18. The standard InChI is InChI=1S/C42H34N4/c1-6-10-28(5)37-20-17-33-25-31(15-21-39(33)45-37)32-16-22-40-34(26-32)18-23-38(46-40)29(7-2)13-12-27(4)35(8-3)36-19-14-30-11-9-24-44-42(30)41(36)43/h6-13,15-18,20-23,25-26,43-44H,1-3,24H2,4-5H3/b27-12+,28-10+,29-13+,36-35+,43-41?. The summed E-state index contributed by atoms with van der Waals surface area (Å²) in [5, 5.41) is 14.2. The van der Waals surface area contributed by atoms with E-state index >= 15 is 0 Å². The predicted octanol–water partition coefficient (Wildman–Crippen LogP) is 9.49. The molecule has 4 aromatic rings. The number of hydrogen-bond donors (Lipinski definition) is 2. The van der Waals surface area contributed by atoms with E-state index in [-0.39, 0.29) is 0 Å². The maximum Gasteiger partial charge on any atom is 0.0947 e. The van der Waals surface area contributed by atoms with Crippen LogP contribution in [0, 0.1) is 17.3 Å². The molecule has 0 radical (unpaired) electrons. The summed E-state index contributed by atoms with van der Waals surface area (Å²) in [6.45, 7) is 16.6. The van der Waals surface area contributed by atoms with Gasteiger partial charge in [0.1, 0.15) is 0 Å². The molecule has 1 aliphatic carbocycles. The summed E-state index contributed by atoms with van der Waals surface area (Å²) in [7, 11) is 0. The van der Waals surface area contributed by atoms with Crippen LogP contribution in [0.2, 0.25) is 0 Å². The summed E-state index contributed by atoms with van der Waals surface area (Å²) in [6.07, 6.45) is 15.3. The average molecular weight is 595 g/mol. The van der Waals surface area contributed by atoms with Crippen LogP contribution >= 0.6 is 0 Å². The average Bonchev–Trinajstić information content (AvgIpc) is 3.09. The largest absolute Gasteiger partial charge is 0.379 e. The van der Waals surface area contributed by atoms with Crippen LogP contribution in [0.3, 0.4) is 0 Å². The predicted molar refractivity (Wildman–Crippen MR) is 195 cm³/mol. The summed E-state index contributed by atoms with van der Waals surface area (Å²) in [5.74, 6) is 6.35. The molecular weight excluding hydrogens is 560 g/mol. The fraction of sp³-hybridized carbons (Fsp3) is 0.0714. The van der Waals surface area contributed by atoms with Gasteiger partial charge >= 0.3 is 0 Å². The van der Waals surface area contributed by atoms with Crippen molar-refractivity contribution in [3.8, 4) is 23.0 Å². The van der Waals surface area contributed by atoms with Crippen molar-refractivity contribution in [1.29, 1.82) is 5.41 Å². The SMILES string of the molecule is C=C/C=C(\C)c1ccc2cc(-c3ccc4nc(/C(C=C)=C/C=C(C)/C(C=C)=C5\C#CC6=C(NCC=C6)C5=N)ccc4c3)ccc2n1. The number of rotatable bonds is 8. The van der Waals surface area contributed by atoms with E-state index in [2.05, 4.69) is 91.5 Å². The van der Waals surface area contributed by atoms with Crippen LogP contribution in [-0.4, -0.2) is 22.2 Å². The Kier molecular flexibility index (Phi) is 8.41. The number of aromatic nitrogens is 2. The minimum Gasteiger partial charge on any atom is -0.379 e. The van der Waals surface area contributed by atoms with E-state index in [4.69, 9.17) is 15.4 Å². The van der Waals surface area contributed by atoms with Gasteiger partial charge in [0.05, 0.1) is 45.0 Å². The number of nitrogens with one attached hydrogen (secondary N) is 2. The minimum absolute atomic E-state index is 0.394. The maximum absolute atomic E-state index is 8.76. The fourth-order valence-electron chi connectivity index (χ4n) is 5.64. The molecule has 46 heavy (non-hydrogen) atoms. The van der Waals surface area contributed by atoms with E-state index in [9.17, 15) is 0 Å². The minimum atomic E-state index is 0.394. The van der Waals surface area contributed by atoms with Crippen molar-refractivity contribution in [2.45, 2.75) is 13.8 Å². The van der Waals surface area contributed by atoms with Crippen LogP contribution in [0.4, 0.5) is 0 Å². The van der Waals surface area contributed by atoms with Crippen molar-refractivity contribution in [3.05, 3.63) is 168 Å². The zero-order valence-electron chi connectivity index (χ0n) is 26.1. The first-order chi connectivity index (χ1) is 22.4. The highest BCUT2D eigenvalue weighted by atomic mass is 14.9. The van der Waals surface area contributed by atoms with Crippen molar-refractivity contribution in [2.24, 2.45) is 0 Å². The molecule has 6 rings (SSSR count). The molecule has 3 heterocycles. The van der Waals surface area contributed by atoms with Gasteiger partial charge in [-0.05, 0) is 89.7 Å². The Labute approximate surface area is 270 Å². The molecule has 2 aromatic heterocycles. The third kappa shape index (κ3) is 5.87. The topological polar surface area (TPSA) is 61.7 Å². The lowest BCUT2D eigenvalue weighted by Crippen LogP contribution is -2.27. The molecule has 4 nitrogen and oxygen atoms in total. The molecule has 0 unspecified atom stereocenters. The van der Waals surface area contributed by atoms with E-state index in [0.29, 0.717) is 17.8 Å². The van der Waals surface area contributed by atoms with Gasteiger partial charge in [0.2, 0.25) is 0 Å². The van der Waals surface area contributed by atoms with E-state index < -0.39 is 0 Å². The van der Waals surface area contributed by atoms with Gasteiger partial charge in [-0.25, -0.2) is 9.97 Å². The van der Waals surface area contributed by atoms with Gasteiger partial charge in [0, 0.05) is 17.3 Å². The Morgan fingerprint density at radius 1 is 0.804 bits per heavy atom. The van der Waals surface area contributed by atoms with Gasteiger partial charge in [-0.2, -0.15) is 0 Å². The molecule has 4 heteroatoms. The summed E-state index contributed by atoms with van der Waals surface area (Å²) in [4.78, 5) is 9.78. The van der Waals surface area contributed by atoms with Crippen molar-refractivity contribution in [2.75, 3.05) is 6.54 Å². The van der Waals surface area contributed by atoms with Gasteiger partial charge in [0.25, 0.3) is 0 Å². The van der Waals surface area contributed by atoms with Gasteiger partial charge in [0.15, 0.2) is 0 Å². The van der Waals surface area contributed by atoms with E-state index in [0.717, 1.165) is 77.9 Å². The molecule has 0 spiro atoms. The highest BCUT2D eigenvalue weighted by Gasteiger charge is 2.20. The summed E-state index contributed by atoms with van der Waals surface area (Å²) >= 11 is 0. The Hall–Kier alpha value is -6.05. The second-order valence-electron chi connectivity index (χ2n) is 11.2. The molecule has 2 aliphatic rings.